The van der Waals surface area contributed by atoms with Crippen LogP contribution in [0.1, 0.15) is 27.6 Å². The summed E-state index contributed by atoms with van der Waals surface area (Å²) in [7, 11) is 0. The van der Waals surface area contributed by atoms with Crippen LogP contribution in [-0.2, 0) is 4.74 Å². The monoisotopic (exact) mass is 410 g/mol. The molecule has 0 unspecified atom stereocenters. The number of halogens is 1. The first-order valence-corrected chi connectivity index (χ1v) is 8.95. The molecule has 0 fully saturated rings. The van der Waals surface area contributed by atoms with Crippen LogP contribution >= 0.6 is 0 Å². The van der Waals surface area contributed by atoms with Crippen LogP contribution < -0.4 is 21.9 Å². The van der Waals surface area contributed by atoms with Gasteiger partial charge < -0.3 is 15.8 Å². The van der Waals surface area contributed by atoms with Gasteiger partial charge in [-0.2, -0.15) is 0 Å². The predicted molar refractivity (Wildman–Crippen MR) is 110 cm³/mol. The molecule has 1 amide bonds. The third-order valence-electron chi connectivity index (χ3n) is 3.97. The SMILES string of the molecule is CCOC(=O)c1ccccc1Nc1ncnc(NNC(=O)c2ccccc2F)c1N. The van der Waals surface area contributed by atoms with Crippen molar-refractivity contribution in [1.29, 1.82) is 0 Å². The molecule has 0 spiro atoms. The fourth-order valence-electron chi connectivity index (χ4n) is 2.53. The molecule has 3 rings (SSSR count). The number of hydrogen-bond donors (Lipinski definition) is 4. The van der Waals surface area contributed by atoms with E-state index in [1.165, 1.54) is 24.5 Å². The number of benzene rings is 2. The summed E-state index contributed by atoms with van der Waals surface area (Å²) in [6, 6.07) is 12.2. The van der Waals surface area contributed by atoms with Gasteiger partial charge in [0, 0.05) is 0 Å². The molecule has 0 aliphatic carbocycles. The highest BCUT2D eigenvalue weighted by atomic mass is 19.1. The number of hydrogen-bond acceptors (Lipinski definition) is 8. The van der Waals surface area contributed by atoms with Crippen molar-refractivity contribution < 1.29 is 18.7 Å². The van der Waals surface area contributed by atoms with Gasteiger partial charge in [-0.15, -0.1) is 0 Å². The molecule has 154 valence electrons. The second-order valence-electron chi connectivity index (χ2n) is 5.93. The summed E-state index contributed by atoms with van der Waals surface area (Å²) in [5.74, 6) is -1.57. The van der Waals surface area contributed by atoms with Gasteiger partial charge in [-0.3, -0.25) is 15.6 Å². The number of nitrogen functional groups attached to an aromatic ring is 1. The number of amides is 1. The molecule has 5 N–H and O–H groups in total. The van der Waals surface area contributed by atoms with Crippen LogP contribution in [0, 0.1) is 5.82 Å². The average molecular weight is 410 g/mol. The standard InChI is InChI=1S/C20H19FN6O3/c1-2-30-20(29)13-8-4-6-10-15(13)25-17-16(22)18(24-11-23-17)26-27-19(28)12-7-3-5-9-14(12)21/h3-11H,2,22H2,1H3,(H,27,28)(H2,23,24,25,26). The highest BCUT2D eigenvalue weighted by Crippen LogP contribution is 2.27. The Morgan fingerprint density at radius 1 is 1.03 bits per heavy atom. The van der Waals surface area contributed by atoms with Crippen molar-refractivity contribution in [2.75, 3.05) is 23.1 Å². The minimum atomic E-state index is -0.701. The van der Waals surface area contributed by atoms with Crippen molar-refractivity contribution >= 4 is 34.9 Å². The number of anilines is 4. The first-order valence-electron chi connectivity index (χ1n) is 8.95. The lowest BCUT2D eigenvalue weighted by molar-refractivity contribution is 0.0527. The molecule has 1 heterocycles. The van der Waals surface area contributed by atoms with E-state index in [4.69, 9.17) is 10.5 Å². The Labute approximate surface area is 171 Å². The minimum absolute atomic E-state index is 0.0741. The lowest BCUT2D eigenvalue weighted by Gasteiger charge is -2.15. The van der Waals surface area contributed by atoms with Gasteiger partial charge in [-0.25, -0.2) is 19.2 Å². The average Bonchev–Trinajstić information content (AvgIpc) is 2.75. The van der Waals surface area contributed by atoms with Gasteiger partial charge in [-0.05, 0) is 31.2 Å². The van der Waals surface area contributed by atoms with E-state index in [9.17, 15) is 14.0 Å². The summed E-state index contributed by atoms with van der Waals surface area (Å²) in [5.41, 5.74) is 11.6. The Morgan fingerprint density at radius 3 is 2.43 bits per heavy atom. The molecule has 0 aliphatic rings. The fraction of sp³-hybridized carbons (Fsp3) is 0.100. The molecule has 2 aromatic carbocycles. The van der Waals surface area contributed by atoms with Crippen molar-refractivity contribution in [3.05, 3.63) is 71.8 Å². The molecule has 0 bridgehead atoms. The van der Waals surface area contributed by atoms with E-state index in [0.29, 0.717) is 11.3 Å². The quantitative estimate of drug-likeness (QED) is 0.345. The molecule has 0 radical (unpaired) electrons. The molecule has 30 heavy (non-hydrogen) atoms. The summed E-state index contributed by atoms with van der Waals surface area (Å²) in [5, 5.41) is 2.96. The zero-order valence-electron chi connectivity index (χ0n) is 16.0. The van der Waals surface area contributed by atoms with Crippen LogP contribution in [-0.4, -0.2) is 28.5 Å². The molecular weight excluding hydrogens is 391 g/mol. The largest absolute Gasteiger partial charge is 0.462 e. The predicted octanol–water partition coefficient (Wildman–Crippen LogP) is 2.88. The highest BCUT2D eigenvalue weighted by Gasteiger charge is 2.16. The molecule has 0 aliphatic heterocycles. The number of nitrogens with zero attached hydrogens (tertiary/aromatic N) is 2. The Hall–Kier alpha value is -4.21. The zero-order chi connectivity index (χ0) is 21.5. The Balaban J connectivity index is 1.77. The van der Waals surface area contributed by atoms with Gasteiger partial charge in [0.2, 0.25) is 0 Å². The van der Waals surface area contributed by atoms with E-state index < -0.39 is 17.7 Å². The number of nitrogens with one attached hydrogen (secondary N) is 3. The van der Waals surface area contributed by atoms with E-state index in [0.717, 1.165) is 0 Å². The van der Waals surface area contributed by atoms with Crippen molar-refractivity contribution in [2.45, 2.75) is 6.92 Å². The fourth-order valence-corrected chi connectivity index (χ4v) is 2.53. The number of rotatable bonds is 7. The molecule has 10 heteroatoms. The Kier molecular flexibility index (Phi) is 6.38. The number of hydrazine groups is 1. The van der Waals surface area contributed by atoms with Gasteiger partial charge in [-0.1, -0.05) is 24.3 Å². The topological polar surface area (TPSA) is 131 Å². The molecule has 9 nitrogen and oxygen atoms in total. The van der Waals surface area contributed by atoms with Crippen molar-refractivity contribution in [1.82, 2.24) is 15.4 Å². The smallest absolute Gasteiger partial charge is 0.340 e. The molecule has 3 aromatic rings. The Bertz CT molecular complexity index is 1080. The van der Waals surface area contributed by atoms with Gasteiger partial charge in [0.25, 0.3) is 5.91 Å². The number of esters is 1. The third kappa shape index (κ3) is 4.61. The lowest BCUT2D eigenvalue weighted by Crippen LogP contribution is -2.31. The second kappa shape index (κ2) is 9.32. The first kappa shape index (κ1) is 20.5. The van der Waals surface area contributed by atoms with Crippen LogP contribution in [0.2, 0.25) is 0 Å². The van der Waals surface area contributed by atoms with E-state index >= 15 is 0 Å². The van der Waals surface area contributed by atoms with Gasteiger partial charge >= 0.3 is 5.97 Å². The highest BCUT2D eigenvalue weighted by molar-refractivity contribution is 5.97. The minimum Gasteiger partial charge on any atom is -0.462 e. The maximum atomic E-state index is 13.7. The van der Waals surface area contributed by atoms with E-state index in [2.05, 4.69) is 26.1 Å². The first-order chi connectivity index (χ1) is 14.5. The summed E-state index contributed by atoms with van der Waals surface area (Å²) >= 11 is 0. The molecular formula is C20H19FN6O3. The maximum absolute atomic E-state index is 13.7. The van der Waals surface area contributed by atoms with Crippen molar-refractivity contribution in [3.8, 4) is 0 Å². The van der Waals surface area contributed by atoms with Crippen molar-refractivity contribution in [3.63, 3.8) is 0 Å². The van der Waals surface area contributed by atoms with E-state index in [1.54, 1.807) is 37.3 Å². The summed E-state index contributed by atoms with van der Waals surface area (Å²) in [6.45, 7) is 1.95. The third-order valence-corrected chi connectivity index (χ3v) is 3.97. The van der Waals surface area contributed by atoms with Crippen LogP contribution in [0.25, 0.3) is 0 Å². The molecule has 0 saturated heterocycles. The van der Waals surface area contributed by atoms with E-state index in [1.807, 2.05) is 0 Å². The zero-order valence-corrected chi connectivity index (χ0v) is 16.0. The number of aromatic nitrogens is 2. The van der Waals surface area contributed by atoms with Crippen LogP contribution in [0.4, 0.5) is 27.4 Å². The summed E-state index contributed by atoms with van der Waals surface area (Å²) < 4.78 is 18.8. The maximum Gasteiger partial charge on any atom is 0.340 e. The van der Waals surface area contributed by atoms with Gasteiger partial charge in [0.1, 0.15) is 17.8 Å². The number of nitrogens with two attached hydrogens (primary N) is 1. The summed E-state index contributed by atoms with van der Waals surface area (Å²) in [6.07, 6.45) is 1.21. The summed E-state index contributed by atoms with van der Waals surface area (Å²) in [4.78, 5) is 32.3. The number of ether oxygens (including phenoxy) is 1. The second-order valence-corrected chi connectivity index (χ2v) is 5.93. The van der Waals surface area contributed by atoms with Gasteiger partial charge in [0.15, 0.2) is 11.6 Å². The normalized spacial score (nSPS) is 10.2. The van der Waals surface area contributed by atoms with Crippen LogP contribution in [0.3, 0.4) is 0 Å². The molecule has 0 atom stereocenters. The lowest BCUT2D eigenvalue weighted by atomic mass is 10.2. The molecule has 1 aromatic heterocycles. The number of para-hydroxylation sites is 1. The van der Waals surface area contributed by atoms with Crippen LogP contribution in [0.15, 0.2) is 54.9 Å². The molecule has 0 saturated carbocycles. The van der Waals surface area contributed by atoms with Crippen molar-refractivity contribution in [2.24, 2.45) is 0 Å². The van der Waals surface area contributed by atoms with Crippen LogP contribution in [0.5, 0.6) is 0 Å². The number of carbonyl (C=O) groups excluding carboxylic acids is 2. The number of carbonyl (C=O) groups is 2. The van der Waals surface area contributed by atoms with Gasteiger partial charge in [0.05, 0.1) is 23.4 Å². The Morgan fingerprint density at radius 2 is 1.70 bits per heavy atom. The van der Waals surface area contributed by atoms with E-state index in [-0.39, 0.29) is 29.5 Å².